The molecule has 0 fully saturated rings. The summed E-state index contributed by atoms with van der Waals surface area (Å²) in [5, 5.41) is 2.33. The molecular weight excluding hydrogens is 497 g/mol. The molecule has 0 unspecified atom stereocenters. The van der Waals surface area contributed by atoms with E-state index in [0.29, 0.717) is 0 Å². The number of ether oxygens (including phenoxy) is 3. The van der Waals surface area contributed by atoms with Crippen molar-refractivity contribution in [2.45, 2.75) is 39.7 Å². The summed E-state index contributed by atoms with van der Waals surface area (Å²) in [7, 11) is -3.03. The SMILES string of the molecule is C=C(C)C(=O)OCCOC(=O)CC(C)=O.C=CC(=O)NC(C)(C)CS(=O)(=O)[O-].C=CC(=O)OC.[Na+]. The molecule has 0 spiro atoms. The number of Topliss-reactive ketones (excluding diaryl/α,β-unsaturated/α-hetero) is 1. The monoisotopic (exact) mass is 529 g/mol. The van der Waals surface area contributed by atoms with Gasteiger partial charge < -0.3 is 24.1 Å². The molecule has 35 heavy (non-hydrogen) atoms. The van der Waals surface area contributed by atoms with E-state index >= 15 is 0 Å². The summed E-state index contributed by atoms with van der Waals surface area (Å²) in [4.78, 5) is 52.8. The molecule has 194 valence electrons. The first-order valence-corrected chi connectivity index (χ1v) is 11.0. The summed E-state index contributed by atoms with van der Waals surface area (Å²) in [6.45, 7) is 15.4. The fourth-order valence-corrected chi connectivity index (χ4v) is 2.57. The van der Waals surface area contributed by atoms with Gasteiger partial charge in [-0.3, -0.25) is 14.4 Å². The average Bonchev–Trinajstić information content (AvgIpc) is 2.68. The van der Waals surface area contributed by atoms with E-state index in [1.807, 2.05) is 0 Å². The number of ketones is 1. The van der Waals surface area contributed by atoms with Crippen molar-refractivity contribution < 1.29 is 80.7 Å². The van der Waals surface area contributed by atoms with E-state index in [2.05, 4.69) is 39.3 Å². The number of nitrogens with one attached hydrogen (secondary N) is 1. The number of carbonyl (C=O) groups excluding carboxylic acids is 5. The molecule has 1 N–H and O–H groups in total. The molecule has 0 aliphatic rings. The molecule has 12 nitrogen and oxygen atoms in total. The van der Waals surface area contributed by atoms with Crippen molar-refractivity contribution in [3.8, 4) is 0 Å². The summed E-state index contributed by atoms with van der Waals surface area (Å²) >= 11 is 0. The number of hydrogen-bond acceptors (Lipinski definition) is 11. The van der Waals surface area contributed by atoms with Gasteiger partial charge >= 0.3 is 47.5 Å². The fourth-order valence-electron chi connectivity index (χ4n) is 1.61. The van der Waals surface area contributed by atoms with Crippen LogP contribution in [0.1, 0.15) is 34.1 Å². The molecule has 0 aromatic carbocycles. The molecule has 0 atom stereocenters. The Hall–Kier alpha value is -2.32. The van der Waals surface area contributed by atoms with Gasteiger partial charge in [0.05, 0.1) is 23.0 Å². The molecular formula is C21H32NNaO11S. The maximum Gasteiger partial charge on any atom is 1.00 e. The first kappa shape index (κ1) is 39.9. The summed E-state index contributed by atoms with van der Waals surface area (Å²) in [5.74, 6) is -2.95. The zero-order valence-corrected chi connectivity index (χ0v) is 23.8. The number of amides is 1. The second kappa shape index (κ2) is 21.0. The second-order valence-electron chi connectivity index (χ2n) is 7.02. The minimum Gasteiger partial charge on any atom is -0.748 e. The predicted octanol–water partition coefficient (Wildman–Crippen LogP) is -2.41. The minimum atomic E-state index is -4.33. The zero-order valence-electron chi connectivity index (χ0n) is 21.0. The molecule has 0 radical (unpaired) electrons. The summed E-state index contributed by atoms with van der Waals surface area (Å²) in [6, 6.07) is 0. The van der Waals surface area contributed by atoms with Crippen LogP contribution in [0.3, 0.4) is 0 Å². The van der Waals surface area contributed by atoms with Gasteiger partial charge in [-0.2, -0.15) is 0 Å². The van der Waals surface area contributed by atoms with E-state index in [-0.39, 0.29) is 60.5 Å². The van der Waals surface area contributed by atoms with Crippen LogP contribution in [0.15, 0.2) is 37.5 Å². The maximum absolute atomic E-state index is 10.8. The van der Waals surface area contributed by atoms with Gasteiger partial charge in [-0.15, -0.1) is 0 Å². The van der Waals surface area contributed by atoms with E-state index in [4.69, 9.17) is 0 Å². The van der Waals surface area contributed by atoms with E-state index in [1.54, 1.807) is 0 Å². The van der Waals surface area contributed by atoms with Crippen LogP contribution in [0.25, 0.3) is 0 Å². The van der Waals surface area contributed by atoms with Gasteiger partial charge in [0.25, 0.3) is 0 Å². The molecule has 0 aromatic heterocycles. The van der Waals surface area contributed by atoms with Crippen LogP contribution in [0.5, 0.6) is 0 Å². The molecule has 0 aromatic rings. The van der Waals surface area contributed by atoms with Gasteiger partial charge in [0.1, 0.15) is 25.4 Å². The second-order valence-corrected chi connectivity index (χ2v) is 8.43. The van der Waals surface area contributed by atoms with Gasteiger partial charge in [0, 0.05) is 17.2 Å². The number of methoxy groups -OCH3 is 1. The molecule has 14 heteroatoms. The van der Waals surface area contributed by atoms with Crippen LogP contribution in [-0.4, -0.2) is 74.2 Å². The normalized spacial score (nSPS) is 9.66. The van der Waals surface area contributed by atoms with Crippen LogP contribution >= 0.6 is 0 Å². The largest absolute Gasteiger partial charge is 1.00 e. The Morgan fingerprint density at radius 1 is 1.00 bits per heavy atom. The third-order valence-electron chi connectivity index (χ3n) is 2.87. The van der Waals surface area contributed by atoms with Gasteiger partial charge in [-0.25, -0.2) is 18.0 Å². The standard InChI is InChI=1S/C10H14O5.C7H13NO4S.C4H6O2.Na/c1-7(2)10(13)15-5-4-14-9(12)6-8(3)11;1-4-6(9)8-7(2,3)5-13(10,11)12;1-3-4(5)6-2;/h1,4-6H2,2-3H3;4H,1,5H2,2-3H3,(H,8,9)(H,10,11,12);3H,1H2,2H3;/q;;;+1/p-1. The molecule has 1 amide bonds. The van der Waals surface area contributed by atoms with Gasteiger partial charge in [-0.05, 0) is 33.8 Å². The van der Waals surface area contributed by atoms with Crippen LogP contribution in [0.4, 0.5) is 0 Å². The van der Waals surface area contributed by atoms with Crippen LogP contribution in [0.2, 0.25) is 0 Å². The van der Waals surface area contributed by atoms with E-state index in [9.17, 15) is 36.9 Å². The quantitative estimate of drug-likeness (QED) is 0.0572. The van der Waals surface area contributed by atoms with Crippen molar-refractivity contribution in [1.29, 1.82) is 0 Å². The van der Waals surface area contributed by atoms with E-state index in [0.717, 1.165) is 12.2 Å². The third kappa shape index (κ3) is 31.7. The van der Waals surface area contributed by atoms with Crippen molar-refractivity contribution in [2.75, 3.05) is 26.1 Å². The molecule has 0 aliphatic heterocycles. The van der Waals surface area contributed by atoms with Crippen molar-refractivity contribution >= 4 is 39.7 Å². The van der Waals surface area contributed by atoms with Crippen LogP contribution in [0, 0.1) is 0 Å². The van der Waals surface area contributed by atoms with Crippen molar-refractivity contribution in [1.82, 2.24) is 5.32 Å². The Labute approximate surface area is 228 Å². The van der Waals surface area contributed by atoms with Gasteiger partial charge in [-0.1, -0.05) is 19.7 Å². The van der Waals surface area contributed by atoms with Crippen LogP contribution in [-0.2, 0) is 48.3 Å². The number of hydrogen-bond donors (Lipinski definition) is 1. The Morgan fingerprint density at radius 2 is 1.49 bits per heavy atom. The summed E-state index contributed by atoms with van der Waals surface area (Å²) in [5.41, 5.74) is -0.781. The van der Waals surface area contributed by atoms with Gasteiger partial charge in [0.15, 0.2) is 0 Å². The van der Waals surface area contributed by atoms with Crippen molar-refractivity contribution in [2.24, 2.45) is 0 Å². The maximum atomic E-state index is 10.8. The Balaban J connectivity index is -0.000000220. The molecule has 0 saturated carbocycles. The zero-order chi connectivity index (χ0) is 27.5. The average molecular weight is 530 g/mol. The molecule has 0 rings (SSSR count). The van der Waals surface area contributed by atoms with E-state index in [1.165, 1.54) is 34.8 Å². The third-order valence-corrected chi connectivity index (χ3v) is 3.95. The Kier molecular flexibility index (Phi) is 23.9. The van der Waals surface area contributed by atoms with Crippen molar-refractivity contribution in [3.63, 3.8) is 0 Å². The first-order valence-electron chi connectivity index (χ1n) is 9.47. The first-order chi connectivity index (χ1) is 15.4. The number of esters is 3. The van der Waals surface area contributed by atoms with E-state index < -0.39 is 45.2 Å². The van der Waals surface area contributed by atoms with Crippen molar-refractivity contribution in [3.05, 3.63) is 37.5 Å². The Morgan fingerprint density at radius 3 is 1.80 bits per heavy atom. The predicted molar refractivity (Wildman–Crippen MR) is 121 cm³/mol. The smallest absolute Gasteiger partial charge is 0.748 e. The summed E-state index contributed by atoms with van der Waals surface area (Å²) < 4.78 is 44.6. The molecule has 0 saturated heterocycles. The minimum absolute atomic E-state index is 0. The number of rotatable bonds is 11. The van der Waals surface area contributed by atoms with Crippen LogP contribution < -0.4 is 34.9 Å². The molecule has 0 heterocycles. The number of carbonyl (C=O) groups is 5. The molecule has 0 bridgehead atoms. The fraction of sp³-hybridized carbons (Fsp3) is 0.476. The molecule has 0 aliphatic carbocycles. The summed E-state index contributed by atoms with van der Waals surface area (Å²) in [6.07, 6.45) is 1.87. The topological polar surface area (TPSA) is 182 Å². The Bertz CT molecular complexity index is 864. The van der Waals surface area contributed by atoms with Gasteiger partial charge in [0.2, 0.25) is 5.91 Å².